The molecule has 2 aromatic carbocycles. The van der Waals surface area contributed by atoms with Gasteiger partial charge in [-0.25, -0.2) is 0 Å². The fourth-order valence-corrected chi connectivity index (χ4v) is 1.70. The zero-order valence-corrected chi connectivity index (χ0v) is 10.1. The predicted octanol–water partition coefficient (Wildman–Crippen LogP) is 3.02. The average Bonchev–Trinajstić information content (AvgIpc) is 2.41. The van der Waals surface area contributed by atoms with Crippen LogP contribution in [-0.4, -0.2) is 17.5 Å². The van der Waals surface area contributed by atoms with Crippen molar-refractivity contribution in [2.24, 2.45) is 0 Å². The maximum atomic E-state index is 12.2. The van der Waals surface area contributed by atoms with Gasteiger partial charge in [0.1, 0.15) is 11.5 Å². The van der Waals surface area contributed by atoms with Crippen LogP contribution >= 0.6 is 0 Å². The van der Waals surface area contributed by atoms with Gasteiger partial charge >= 0.3 is 0 Å². The Kier molecular flexibility index (Phi) is 3.63. The van der Waals surface area contributed by atoms with Crippen LogP contribution in [0.5, 0.6) is 11.5 Å². The second-order valence-electron chi connectivity index (χ2n) is 3.81. The van der Waals surface area contributed by atoms with E-state index in [4.69, 9.17) is 4.74 Å². The summed E-state index contributed by atoms with van der Waals surface area (Å²) in [5.41, 5.74) is 0.800. The number of phenolic OH excluding ortho intramolecular Hbond substituents is 1. The number of ketones is 1. The predicted molar refractivity (Wildman–Crippen MR) is 69.2 cm³/mol. The van der Waals surface area contributed by atoms with Crippen LogP contribution in [0.25, 0.3) is 0 Å². The molecule has 0 aliphatic rings. The van der Waals surface area contributed by atoms with E-state index in [2.05, 4.69) is 0 Å². The molecule has 0 saturated carbocycles. The van der Waals surface area contributed by atoms with Gasteiger partial charge in [0.2, 0.25) is 0 Å². The number of hydrogen-bond acceptors (Lipinski definition) is 3. The van der Waals surface area contributed by atoms with E-state index >= 15 is 0 Å². The van der Waals surface area contributed by atoms with Gasteiger partial charge in [-0.2, -0.15) is 0 Å². The van der Waals surface area contributed by atoms with Crippen LogP contribution in [-0.2, 0) is 0 Å². The Morgan fingerprint density at radius 2 is 1.89 bits per heavy atom. The molecule has 3 heteroatoms. The zero-order chi connectivity index (χ0) is 13.0. The SMILES string of the molecule is CCOc1ccc(O)c(C(=O)c2ccccc2)c1. The summed E-state index contributed by atoms with van der Waals surface area (Å²) in [6, 6.07) is 13.5. The monoisotopic (exact) mass is 242 g/mol. The molecule has 0 amide bonds. The number of aromatic hydroxyl groups is 1. The molecule has 1 N–H and O–H groups in total. The van der Waals surface area contributed by atoms with Gasteiger partial charge in [0, 0.05) is 5.56 Å². The highest BCUT2D eigenvalue weighted by molar-refractivity contribution is 6.10. The smallest absolute Gasteiger partial charge is 0.196 e. The molecule has 0 heterocycles. The first-order chi connectivity index (χ1) is 8.72. The van der Waals surface area contributed by atoms with Crippen LogP contribution < -0.4 is 4.74 Å². The highest BCUT2D eigenvalue weighted by Crippen LogP contribution is 2.25. The summed E-state index contributed by atoms with van der Waals surface area (Å²) in [6.45, 7) is 2.38. The molecular weight excluding hydrogens is 228 g/mol. The van der Waals surface area contributed by atoms with E-state index in [1.165, 1.54) is 6.07 Å². The lowest BCUT2D eigenvalue weighted by Gasteiger charge is -2.07. The minimum absolute atomic E-state index is 0.0349. The Morgan fingerprint density at radius 3 is 2.56 bits per heavy atom. The van der Waals surface area contributed by atoms with Crippen molar-refractivity contribution in [1.29, 1.82) is 0 Å². The lowest BCUT2D eigenvalue weighted by atomic mass is 10.0. The Labute approximate surface area is 106 Å². The molecule has 0 atom stereocenters. The van der Waals surface area contributed by atoms with Crippen molar-refractivity contribution in [2.45, 2.75) is 6.92 Å². The third-order valence-corrected chi connectivity index (χ3v) is 2.56. The standard InChI is InChI=1S/C15H14O3/c1-2-18-12-8-9-14(16)13(10-12)15(17)11-6-4-3-5-7-11/h3-10,16H,2H2,1H3. The van der Waals surface area contributed by atoms with Gasteiger partial charge in [-0.15, -0.1) is 0 Å². The van der Waals surface area contributed by atoms with Crippen LogP contribution in [0.3, 0.4) is 0 Å². The summed E-state index contributed by atoms with van der Waals surface area (Å²) in [4.78, 5) is 12.2. The second-order valence-corrected chi connectivity index (χ2v) is 3.81. The van der Waals surface area contributed by atoms with Crippen LogP contribution in [0, 0.1) is 0 Å². The highest BCUT2D eigenvalue weighted by atomic mass is 16.5. The van der Waals surface area contributed by atoms with Crippen LogP contribution in [0.1, 0.15) is 22.8 Å². The zero-order valence-electron chi connectivity index (χ0n) is 10.1. The number of carbonyl (C=O) groups is 1. The third-order valence-electron chi connectivity index (χ3n) is 2.56. The average molecular weight is 242 g/mol. The largest absolute Gasteiger partial charge is 0.507 e. The summed E-state index contributed by atoms with van der Waals surface area (Å²) < 4.78 is 5.32. The van der Waals surface area contributed by atoms with Crippen LogP contribution in [0.15, 0.2) is 48.5 Å². The molecule has 2 rings (SSSR count). The first-order valence-electron chi connectivity index (χ1n) is 5.78. The molecule has 18 heavy (non-hydrogen) atoms. The summed E-state index contributed by atoms with van der Waals surface area (Å²) in [5, 5.41) is 9.76. The van der Waals surface area contributed by atoms with Crippen molar-refractivity contribution in [2.75, 3.05) is 6.61 Å². The van der Waals surface area contributed by atoms with E-state index in [1.807, 2.05) is 13.0 Å². The fourth-order valence-electron chi connectivity index (χ4n) is 1.70. The molecule has 0 radical (unpaired) electrons. The van der Waals surface area contributed by atoms with E-state index in [9.17, 15) is 9.90 Å². The lowest BCUT2D eigenvalue weighted by Crippen LogP contribution is -2.02. The fraction of sp³-hybridized carbons (Fsp3) is 0.133. The summed E-state index contributed by atoms with van der Waals surface area (Å²) in [6.07, 6.45) is 0. The van der Waals surface area contributed by atoms with Gasteiger partial charge in [0.15, 0.2) is 5.78 Å². The number of hydrogen-bond donors (Lipinski definition) is 1. The van der Waals surface area contributed by atoms with E-state index in [1.54, 1.807) is 36.4 Å². The Bertz CT molecular complexity index is 547. The van der Waals surface area contributed by atoms with Crippen molar-refractivity contribution in [3.63, 3.8) is 0 Å². The first-order valence-corrected chi connectivity index (χ1v) is 5.78. The first kappa shape index (κ1) is 12.2. The van der Waals surface area contributed by atoms with Crippen LogP contribution in [0.2, 0.25) is 0 Å². The Balaban J connectivity index is 2.38. The number of phenols is 1. The van der Waals surface area contributed by atoms with Gasteiger partial charge in [0.05, 0.1) is 12.2 Å². The summed E-state index contributed by atoms with van der Waals surface area (Å²) in [5.74, 6) is 0.330. The van der Waals surface area contributed by atoms with Gasteiger partial charge in [-0.3, -0.25) is 4.79 Å². The summed E-state index contributed by atoms with van der Waals surface area (Å²) >= 11 is 0. The summed E-state index contributed by atoms with van der Waals surface area (Å²) in [7, 11) is 0. The normalized spacial score (nSPS) is 10.1. The van der Waals surface area contributed by atoms with Gasteiger partial charge in [-0.05, 0) is 25.1 Å². The molecule has 0 bridgehead atoms. The topological polar surface area (TPSA) is 46.5 Å². The molecule has 2 aromatic rings. The Hall–Kier alpha value is -2.29. The molecule has 0 unspecified atom stereocenters. The Morgan fingerprint density at radius 1 is 1.17 bits per heavy atom. The molecular formula is C15H14O3. The van der Waals surface area contributed by atoms with Crippen LogP contribution in [0.4, 0.5) is 0 Å². The van der Waals surface area contributed by atoms with Crippen molar-refractivity contribution in [3.8, 4) is 11.5 Å². The molecule has 0 spiro atoms. The maximum absolute atomic E-state index is 12.2. The van der Waals surface area contributed by atoms with E-state index in [-0.39, 0.29) is 17.1 Å². The molecule has 0 fully saturated rings. The highest BCUT2D eigenvalue weighted by Gasteiger charge is 2.14. The maximum Gasteiger partial charge on any atom is 0.196 e. The molecule has 92 valence electrons. The van der Waals surface area contributed by atoms with Crippen molar-refractivity contribution in [3.05, 3.63) is 59.7 Å². The number of rotatable bonds is 4. The quantitative estimate of drug-likeness (QED) is 0.838. The molecule has 3 nitrogen and oxygen atoms in total. The van der Waals surface area contributed by atoms with Gasteiger partial charge in [-0.1, -0.05) is 30.3 Å². The second kappa shape index (κ2) is 5.36. The van der Waals surface area contributed by atoms with Crippen molar-refractivity contribution in [1.82, 2.24) is 0 Å². The number of ether oxygens (including phenoxy) is 1. The van der Waals surface area contributed by atoms with E-state index in [0.29, 0.717) is 17.9 Å². The van der Waals surface area contributed by atoms with E-state index < -0.39 is 0 Å². The molecule has 0 saturated heterocycles. The molecule has 0 aliphatic heterocycles. The van der Waals surface area contributed by atoms with E-state index in [0.717, 1.165) is 0 Å². The minimum atomic E-state index is -0.213. The van der Waals surface area contributed by atoms with Gasteiger partial charge in [0.25, 0.3) is 0 Å². The van der Waals surface area contributed by atoms with Crippen molar-refractivity contribution >= 4 is 5.78 Å². The lowest BCUT2D eigenvalue weighted by molar-refractivity contribution is 0.103. The molecule has 0 aliphatic carbocycles. The number of carbonyl (C=O) groups excluding carboxylic acids is 1. The number of benzene rings is 2. The van der Waals surface area contributed by atoms with Crippen molar-refractivity contribution < 1.29 is 14.6 Å². The minimum Gasteiger partial charge on any atom is -0.507 e. The van der Waals surface area contributed by atoms with Gasteiger partial charge < -0.3 is 9.84 Å². The molecule has 0 aromatic heterocycles. The third kappa shape index (κ3) is 2.51.